The van der Waals surface area contributed by atoms with Gasteiger partial charge in [0.05, 0.1) is 12.5 Å². The third-order valence-corrected chi connectivity index (χ3v) is 3.71. The smallest absolute Gasteiger partial charge is 0.232 e. The molecule has 1 aliphatic rings. The van der Waals surface area contributed by atoms with Crippen LogP contribution in [0.25, 0.3) is 0 Å². The van der Waals surface area contributed by atoms with Gasteiger partial charge >= 0.3 is 0 Å². The number of fused-ring (bicyclic) bond motifs is 1. The molecule has 3 rings (SSSR count). The van der Waals surface area contributed by atoms with Crippen LogP contribution < -0.4 is 15.8 Å². The molecule has 3 N–H and O–H groups in total. The summed E-state index contributed by atoms with van der Waals surface area (Å²) in [5.74, 6) is 0.635. The molecule has 2 aromatic rings. The number of anilines is 1. The van der Waals surface area contributed by atoms with Gasteiger partial charge in [0.25, 0.3) is 0 Å². The van der Waals surface area contributed by atoms with Crippen molar-refractivity contribution in [3.8, 4) is 5.75 Å². The van der Waals surface area contributed by atoms with Crippen molar-refractivity contribution in [2.24, 2.45) is 5.73 Å². The number of carbonyl (C=O) groups is 1. The number of para-hydroxylation sites is 1. The predicted molar refractivity (Wildman–Crippen MR) is 82.3 cm³/mol. The van der Waals surface area contributed by atoms with Crippen LogP contribution in [0.1, 0.15) is 23.5 Å². The summed E-state index contributed by atoms with van der Waals surface area (Å²) in [5, 5.41) is 2.98. The quantitative estimate of drug-likeness (QED) is 0.909. The number of rotatable bonds is 3. The van der Waals surface area contributed by atoms with Crippen LogP contribution in [0.3, 0.4) is 0 Å². The number of ether oxygens (including phenoxy) is 1. The zero-order valence-corrected chi connectivity index (χ0v) is 11.7. The summed E-state index contributed by atoms with van der Waals surface area (Å²) in [4.78, 5) is 12.5. The number of carbonyl (C=O) groups excluding carboxylic acids is 1. The van der Waals surface area contributed by atoms with Crippen molar-refractivity contribution >= 4 is 11.6 Å². The lowest BCUT2D eigenvalue weighted by Crippen LogP contribution is -2.26. The van der Waals surface area contributed by atoms with Gasteiger partial charge in [-0.05, 0) is 30.2 Å². The molecule has 0 bridgehead atoms. The number of benzene rings is 2. The van der Waals surface area contributed by atoms with Crippen LogP contribution in [-0.2, 0) is 11.3 Å². The van der Waals surface area contributed by atoms with Crippen LogP contribution >= 0.6 is 0 Å². The van der Waals surface area contributed by atoms with Gasteiger partial charge in [-0.15, -0.1) is 0 Å². The normalized spacial score (nSPS) is 16.7. The van der Waals surface area contributed by atoms with Gasteiger partial charge in [0, 0.05) is 17.8 Å². The molecule has 0 aromatic heterocycles. The zero-order valence-electron chi connectivity index (χ0n) is 11.7. The third kappa shape index (κ3) is 2.90. The van der Waals surface area contributed by atoms with Gasteiger partial charge < -0.3 is 15.8 Å². The van der Waals surface area contributed by atoms with Crippen LogP contribution in [0.2, 0.25) is 0 Å². The molecule has 1 heterocycles. The number of amides is 1. The highest BCUT2D eigenvalue weighted by molar-refractivity contribution is 5.96. The average molecular weight is 282 g/mol. The van der Waals surface area contributed by atoms with Crippen LogP contribution in [0, 0.1) is 0 Å². The Hall–Kier alpha value is -2.33. The lowest BCUT2D eigenvalue weighted by atomic mass is 9.92. The number of nitrogens with two attached hydrogens (primary N) is 1. The Labute approximate surface area is 123 Å². The van der Waals surface area contributed by atoms with Crippen molar-refractivity contribution < 1.29 is 9.53 Å². The molecule has 0 radical (unpaired) electrons. The molecule has 1 aliphatic heterocycles. The largest absolute Gasteiger partial charge is 0.493 e. The average Bonchev–Trinajstić information content (AvgIpc) is 2.54. The third-order valence-electron chi connectivity index (χ3n) is 3.71. The molecule has 0 saturated heterocycles. The van der Waals surface area contributed by atoms with Crippen molar-refractivity contribution in [2.45, 2.75) is 18.9 Å². The van der Waals surface area contributed by atoms with Gasteiger partial charge in [0.2, 0.25) is 5.91 Å². The van der Waals surface area contributed by atoms with E-state index in [-0.39, 0.29) is 11.8 Å². The molecule has 21 heavy (non-hydrogen) atoms. The van der Waals surface area contributed by atoms with E-state index in [1.165, 1.54) is 0 Å². The summed E-state index contributed by atoms with van der Waals surface area (Å²) in [6.45, 7) is 1.03. The Kier molecular flexibility index (Phi) is 3.88. The first-order chi connectivity index (χ1) is 10.3. The Morgan fingerprint density at radius 2 is 2.10 bits per heavy atom. The summed E-state index contributed by atoms with van der Waals surface area (Å²) in [7, 11) is 0. The number of hydrogen-bond donors (Lipinski definition) is 2. The maximum absolute atomic E-state index is 12.5. The first kappa shape index (κ1) is 13.6. The maximum atomic E-state index is 12.5. The predicted octanol–water partition coefficient (Wildman–Crippen LogP) is 2.65. The standard InChI is InChI=1S/C17H18N2O2/c18-11-12-4-3-5-13(10-12)19-17(20)15-8-9-21-16-7-2-1-6-14(15)16/h1-7,10,15H,8-9,11,18H2,(H,19,20). The van der Waals surface area contributed by atoms with Crippen LogP contribution in [-0.4, -0.2) is 12.5 Å². The van der Waals surface area contributed by atoms with E-state index in [9.17, 15) is 4.79 Å². The SMILES string of the molecule is NCc1cccc(NC(=O)C2CCOc3ccccc32)c1. The topological polar surface area (TPSA) is 64.3 Å². The summed E-state index contributed by atoms with van der Waals surface area (Å²) in [6.07, 6.45) is 0.694. The Morgan fingerprint density at radius 1 is 1.24 bits per heavy atom. The fourth-order valence-electron chi connectivity index (χ4n) is 2.62. The molecule has 4 heteroatoms. The van der Waals surface area contributed by atoms with Crippen molar-refractivity contribution in [1.82, 2.24) is 0 Å². The van der Waals surface area contributed by atoms with Crippen molar-refractivity contribution in [3.63, 3.8) is 0 Å². The lowest BCUT2D eigenvalue weighted by molar-refractivity contribution is -0.118. The van der Waals surface area contributed by atoms with E-state index in [1.807, 2.05) is 48.5 Å². The van der Waals surface area contributed by atoms with Gasteiger partial charge in [0.1, 0.15) is 5.75 Å². The number of hydrogen-bond acceptors (Lipinski definition) is 3. The van der Waals surface area contributed by atoms with E-state index in [2.05, 4.69) is 5.32 Å². The van der Waals surface area contributed by atoms with Crippen molar-refractivity contribution in [2.75, 3.05) is 11.9 Å². The summed E-state index contributed by atoms with van der Waals surface area (Å²) in [5.41, 5.74) is 8.37. The van der Waals surface area contributed by atoms with E-state index < -0.39 is 0 Å². The second-order valence-corrected chi connectivity index (χ2v) is 5.12. The van der Waals surface area contributed by atoms with E-state index in [4.69, 9.17) is 10.5 Å². The minimum absolute atomic E-state index is 0.0000728. The number of nitrogens with one attached hydrogen (secondary N) is 1. The summed E-state index contributed by atoms with van der Waals surface area (Å²) in [6, 6.07) is 15.3. The fourth-order valence-corrected chi connectivity index (χ4v) is 2.62. The molecule has 0 aliphatic carbocycles. The monoisotopic (exact) mass is 282 g/mol. The molecule has 0 saturated carbocycles. The van der Waals surface area contributed by atoms with Gasteiger partial charge in [0.15, 0.2) is 0 Å². The highest BCUT2D eigenvalue weighted by Crippen LogP contribution is 2.34. The minimum atomic E-state index is -0.170. The van der Waals surface area contributed by atoms with Gasteiger partial charge in [-0.25, -0.2) is 0 Å². The molecule has 108 valence electrons. The molecule has 0 spiro atoms. The fraction of sp³-hybridized carbons (Fsp3) is 0.235. The first-order valence-corrected chi connectivity index (χ1v) is 7.09. The van der Waals surface area contributed by atoms with Crippen LogP contribution in [0.15, 0.2) is 48.5 Å². The van der Waals surface area contributed by atoms with E-state index in [0.29, 0.717) is 19.6 Å². The van der Waals surface area contributed by atoms with E-state index >= 15 is 0 Å². The van der Waals surface area contributed by atoms with Crippen LogP contribution in [0.4, 0.5) is 5.69 Å². The van der Waals surface area contributed by atoms with Crippen molar-refractivity contribution in [3.05, 3.63) is 59.7 Å². The molecule has 1 unspecified atom stereocenters. The van der Waals surface area contributed by atoms with Gasteiger partial charge in [-0.1, -0.05) is 30.3 Å². The lowest BCUT2D eigenvalue weighted by Gasteiger charge is -2.25. The highest BCUT2D eigenvalue weighted by atomic mass is 16.5. The molecule has 0 fully saturated rings. The molecular weight excluding hydrogens is 264 g/mol. The van der Waals surface area contributed by atoms with Crippen LogP contribution in [0.5, 0.6) is 5.75 Å². The summed E-state index contributed by atoms with van der Waals surface area (Å²) >= 11 is 0. The van der Waals surface area contributed by atoms with Gasteiger partial charge in [-0.2, -0.15) is 0 Å². The first-order valence-electron chi connectivity index (χ1n) is 7.09. The van der Waals surface area contributed by atoms with E-state index in [0.717, 1.165) is 22.6 Å². The molecule has 1 atom stereocenters. The zero-order chi connectivity index (χ0) is 14.7. The molecular formula is C17H18N2O2. The Morgan fingerprint density at radius 3 is 2.95 bits per heavy atom. The second kappa shape index (κ2) is 5.97. The Bertz CT molecular complexity index is 655. The van der Waals surface area contributed by atoms with E-state index in [1.54, 1.807) is 0 Å². The second-order valence-electron chi connectivity index (χ2n) is 5.12. The summed E-state index contributed by atoms with van der Waals surface area (Å²) < 4.78 is 5.59. The molecule has 4 nitrogen and oxygen atoms in total. The molecule has 1 amide bonds. The van der Waals surface area contributed by atoms with Gasteiger partial charge in [-0.3, -0.25) is 4.79 Å². The maximum Gasteiger partial charge on any atom is 0.232 e. The minimum Gasteiger partial charge on any atom is -0.493 e. The highest BCUT2D eigenvalue weighted by Gasteiger charge is 2.27. The van der Waals surface area contributed by atoms with Crippen molar-refractivity contribution in [1.29, 1.82) is 0 Å². The molecule has 2 aromatic carbocycles. The Balaban J connectivity index is 1.80.